The quantitative estimate of drug-likeness (QED) is 0.776. The molecule has 0 radical (unpaired) electrons. The second-order valence-electron chi connectivity index (χ2n) is 4.38. The van der Waals surface area contributed by atoms with E-state index in [0.29, 0.717) is 6.54 Å². The van der Waals surface area contributed by atoms with Crippen molar-refractivity contribution in [2.75, 3.05) is 0 Å². The van der Waals surface area contributed by atoms with Crippen molar-refractivity contribution in [2.45, 2.75) is 32.4 Å². The number of aromatic amines is 1. The van der Waals surface area contributed by atoms with Crippen molar-refractivity contribution in [1.82, 2.24) is 24.3 Å². The Kier molecular flexibility index (Phi) is 2.58. The lowest BCUT2D eigenvalue weighted by atomic mass is 10.2. The summed E-state index contributed by atoms with van der Waals surface area (Å²) >= 11 is 0. The molecule has 94 valence electrons. The van der Waals surface area contributed by atoms with Gasteiger partial charge in [0.1, 0.15) is 5.82 Å². The highest BCUT2D eigenvalue weighted by Gasteiger charge is 2.15. The Balaban J connectivity index is 1.95. The van der Waals surface area contributed by atoms with Crippen molar-refractivity contribution in [1.29, 1.82) is 0 Å². The van der Waals surface area contributed by atoms with Gasteiger partial charge in [-0.3, -0.25) is 14.3 Å². The van der Waals surface area contributed by atoms with Crippen molar-refractivity contribution in [3.63, 3.8) is 0 Å². The third-order valence-electron chi connectivity index (χ3n) is 3.14. The van der Waals surface area contributed by atoms with Gasteiger partial charge >= 0.3 is 5.69 Å². The molecule has 0 bridgehead atoms. The summed E-state index contributed by atoms with van der Waals surface area (Å²) in [5, 5.41) is 8.24. The van der Waals surface area contributed by atoms with Crippen molar-refractivity contribution in [3.8, 4) is 0 Å². The molecule has 0 aromatic carbocycles. The van der Waals surface area contributed by atoms with E-state index in [2.05, 4.69) is 19.7 Å². The molecule has 0 unspecified atom stereocenters. The number of aromatic nitrogens is 5. The maximum absolute atomic E-state index is 11.6. The van der Waals surface area contributed by atoms with Crippen LogP contribution in [0.3, 0.4) is 0 Å². The molecular weight excluding hydrogens is 234 g/mol. The maximum atomic E-state index is 11.6. The van der Waals surface area contributed by atoms with E-state index in [1.54, 1.807) is 0 Å². The Labute approximate surface area is 102 Å². The monoisotopic (exact) mass is 247 g/mol. The minimum Gasteiger partial charge on any atom is -0.313 e. The van der Waals surface area contributed by atoms with Crippen LogP contribution in [0.5, 0.6) is 0 Å². The number of nitrogens with one attached hydrogen (secondary N) is 1. The van der Waals surface area contributed by atoms with Gasteiger partial charge in [0.05, 0.1) is 6.54 Å². The van der Waals surface area contributed by atoms with E-state index in [1.807, 2.05) is 0 Å². The SMILES string of the molecule is O=c1ccn(Cc2nnc3n2CCCC3)c(=O)[nH]1. The van der Waals surface area contributed by atoms with Gasteiger partial charge in [0.25, 0.3) is 5.56 Å². The second kappa shape index (κ2) is 4.25. The van der Waals surface area contributed by atoms with Crippen LogP contribution in [0.2, 0.25) is 0 Å². The van der Waals surface area contributed by atoms with E-state index in [9.17, 15) is 9.59 Å². The van der Waals surface area contributed by atoms with Gasteiger partial charge < -0.3 is 4.57 Å². The van der Waals surface area contributed by atoms with Gasteiger partial charge in [-0.15, -0.1) is 10.2 Å². The summed E-state index contributed by atoms with van der Waals surface area (Å²) in [5.41, 5.74) is -0.810. The van der Waals surface area contributed by atoms with Crippen LogP contribution in [0, 0.1) is 0 Å². The highest BCUT2D eigenvalue weighted by Crippen LogP contribution is 2.14. The standard InChI is InChI=1S/C11H13N5O2/c17-10-4-6-15(11(18)12-10)7-9-14-13-8-3-1-2-5-16(8)9/h4,6H,1-3,5,7H2,(H,12,17,18). The zero-order chi connectivity index (χ0) is 12.5. The molecule has 0 aliphatic carbocycles. The predicted molar refractivity (Wildman–Crippen MR) is 63.4 cm³/mol. The summed E-state index contributed by atoms with van der Waals surface area (Å²) in [6.45, 7) is 1.23. The highest BCUT2D eigenvalue weighted by atomic mass is 16.2. The lowest BCUT2D eigenvalue weighted by molar-refractivity contribution is 0.499. The van der Waals surface area contributed by atoms with Crippen LogP contribution in [0.4, 0.5) is 0 Å². The van der Waals surface area contributed by atoms with Crippen LogP contribution < -0.4 is 11.2 Å². The minimum atomic E-state index is -0.421. The molecule has 0 atom stereocenters. The molecule has 0 saturated carbocycles. The zero-order valence-electron chi connectivity index (χ0n) is 9.80. The van der Waals surface area contributed by atoms with Crippen molar-refractivity contribution in [2.24, 2.45) is 0 Å². The summed E-state index contributed by atoms with van der Waals surface area (Å²) in [6, 6.07) is 1.33. The van der Waals surface area contributed by atoms with E-state index >= 15 is 0 Å². The molecule has 3 heterocycles. The third-order valence-corrected chi connectivity index (χ3v) is 3.14. The molecule has 3 rings (SSSR count). The molecule has 2 aromatic heterocycles. The van der Waals surface area contributed by atoms with E-state index in [1.165, 1.54) is 16.8 Å². The van der Waals surface area contributed by atoms with Crippen molar-refractivity contribution < 1.29 is 0 Å². The van der Waals surface area contributed by atoms with Crippen LogP contribution in [-0.4, -0.2) is 24.3 Å². The van der Waals surface area contributed by atoms with Crippen molar-refractivity contribution >= 4 is 0 Å². The number of H-pyrrole nitrogens is 1. The molecule has 0 spiro atoms. The predicted octanol–water partition coefficient (Wildman–Crippen LogP) is -0.487. The fourth-order valence-corrected chi connectivity index (χ4v) is 2.21. The number of nitrogens with zero attached hydrogens (tertiary/aromatic N) is 4. The Hall–Kier alpha value is -2.18. The third kappa shape index (κ3) is 1.87. The van der Waals surface area contributed by atoms with Crippen LogP contribution in [0.25, 0.3) is 0 Å². The molecule has 1 N–H and O–H groups in total. The van der Waals surface area contributed by atoms with Crippen LogP contribution >= 0.6 is 0 Å². The zero-order valence-corrected chi connectivity index (χ0v) is 9.80. The highest BCUT2D eigenvalue weighted by molar-refractivity contribution is 5.00. The summed E-state index contributed by atoms with van der Waals surface area (Å²) in [4.78, 5) is 24.8. The lowest BCUT2D eigenvalue weighted by Crippen LogP contribution is -2.30. The first-order valence-electron chi connectivity index (χ1n) is 5.95. The van der Waals surface area contributed by atoms with E-state index in [0.717, 1.165) is 37.5 Å². The van der Waals surface area contributed by atoms with Gasteiger partial charge in [0, 0.05) is 25.2 Å². The first-order valence-corrected chi connectivity index (χ1v) is 5.95. The van der Waals surface area contributed by atoms with Crippen LogP contribution in [0.1, 0.15) is 24.5 Å². The molecular formula is C11H13N5O2. The Morgan fingerprint density at radius 3 is 3.00 bits per heavy atom. The van der Waals surface area contributed by atoms with E-state index < -0.39 is 5.69 Å². The molecule has 0 saturated heterocycles. The Bertz CT molecular complexity index is 681. The molecule has 2 aromatic rings. The minimum absolute atomic E-state index is 0.336. The van der Waals surface area contributed by atoms with Gasteiger partial charge in [-0.05, 0) is 12.8 Å². The first-order chi connectivity index (χ1) is 8.74. The number of aryl methyl sites for hydroxylation is 1. The summed E-state index contributed by atoms with van der Waals surface area (Å²) in [5.74, 6) is 1.74. The molecule has 18 heavy (non-hydrogen) atoms. The smallest absolute Gasteiger partial charge is 0.313 e. The number of rotatable bonds is 2. The average molecular weight is 247 g/mol. The number of hydrogen-bond donors (Lipinski definition) is 1. The molecule has 7 nitrogen and oxygen atoms in total. The van der Waals surface area contributed by atoms with Crippen LogP contribution in [-0.2, 0) is 19.5 Å². The lowest BCUT2D eigenvalue weighted by Gasteiger charge is -2.14. The van der Waals surface area contributed by atoms with Gasteiger partial charge in [0.15, 0.2) is 5.82 Å². The first kappa shape index (κ1) is 10.9. The average Bonchev–Trinajstić information content (AvgIpc) is 2.76. The van der Waals surface area contributed by atoms with Gasteiger partial charge in [0.2, 0.25) is 0 Å². The fourth-order valence-electron chi connectivity index (χ4n) is 2.21. The fraction of sp³-hybridized carbons (Fsp3) is 0.455. The van der Waals surface area contributed by atoms with E-state index in [4.69, 9.17) is 0 Å². The Morgan fingerprint density at radius 1 is 1.28 bits per heavy atom. The Morgan fingerprint density at radius 2 is 2.17 bits per heavy atom. The molecule has 0 fully saturated rings. The topological polar surface area (TPSA) is 85.6 Å². The van der Waals surface area contributed by atoms with Gasteiger partial charge in [-0.1, -0.05) is 0 Å². The number of hydrogen-bond acceptors (Lipinski definition) is 4. The van der Waals surface area contributed by atoms with Crippen molar-refractivity contribution in [3.05, 3.63) is 44.8 Å². The molecule has 1 aliphatic rings. The van der Waals surface area contributed by atoms with Crippen LogP contribution in [0.15, 0.2) is 21.9 Å². The maximum Gasteiger partial charge on any atom is 0.328 e. The molecule has 7 heteroatoms. The largest absolute Gasteiger partial charge is 0.328 e. The second-order valence-corrected chi connectivity index (χ2v) is 4.38. The number of fused-ring (bicyclic) bond motifs is 1. The summed E-state index contributed by atoms with van der Waals surface area (Å²) in [6.07, 6.45) is 4.66. The molecule has 0 amide bonds. The summed E-state index contributed by atoms with van der Waals surface area (Å²) < 4.78 is 3.48. The summed E-state index contributed by atoms with van der Waals surface area (Å²) in [7, 11) is 0. The van der Waals surface area contributed by atoms with Gasteiger partial charge in [-0.25, -0.2) is 4.79 Å². The van der Waals surface area contributed by atoms with Gasteiger partial charge in [-0.2, -0.15) is 0 Å². The van der Waals surface area contributed by atoms with E-state index in [-0.39, 0.29) is 5.56 Å². The normalized spacial score (nSPS) is 14.4. The molecule has 1 aliphatic heterocycles.